The number of aromatic nitrogens is 3. The Morgan fingerprint density at radius 2 is 2.00 bits per heavy atom. The van der Waals surface area contributed by atoms with E-state index >= 15 is 0 Å². The Labute approximate surface area is 146 Å². The van der Waals surface area contributed by atoms with E-state index in [1.807, 2.05) is 0 Å². The van der Waals surface area contributed by atoms with Gasteiger partial charge in [0, 0.05) is 0 Å². The van der Waals surface area contributed by atoms with E-state index in [1.165, 1.54) is 44.0 Å². The van der Waals surface area contributed by atoms with Crippen LogP contribution >= 0.6 is 22.9 Å². The van der Waals surface area contributed by atoms with Gasteiger partial charge >= 0.3 is 0 Å². The lowest BCUT2D eigenvalue weighted by Gasteiger charge is -2.12. The first kappa shape index (κ1) is 16.7. The molecule has 0 bridgehead atoms. The number of hydrogen-bond donors (Lipinski definition) is 1. The van der Waals surface area contributed by atoms with Gasteiger partial charge in [0.05, 0.1) is 29.3 Å². The van der Waals surface area contributed by atoms with Crippen LogP contribution in [0, 0.1) is 0 Å². The summed E-state index contributed by atoms with van der Waals surface area (Å²) < 4.78 is 38.7. The summed E-state index contributed by atoms with van der Waals surface area (Å²) >= 11 is 7.04. The van der Waals surface area contributed by atoms with Gasteiger partial charge in [-0.25, -0.2) is 18.4 Å². The van der Waals surface area contributed by atoms with Crippen LogP contribution in [-0.4, -0.2) is 37.6 Å². The van der Waals surface area contributed by atoms with Crippen molar-refractivity contribution in [1.29, 1.82) is 0 Å². The predicted molar refractivity (Wildman–Crippen MR) is 90.6 cm³/mol. The van der Waals surface area contributed by atoms with Crippen molar-refractivity contribution in [3.63, 3.8) is 0 Å². The van der Waals surface area contributed by atoms with Gasteiger partial charge in [0.15, 0.2) is 10.3 Å². The van der Waals surface area contributed by atoms with E-state index in [2.05, 4.69) is 19.7 Å². The molecule has 0 unspecified atom stereocenters. The molecule has 0 aliphatic carbocycles. The molecule has 8 nitrogen and oxygen atoms in total. The van der Waals surface area contributed by atoms with Crippen LogP contribution in [0.1, 0.15) is 0 Å². The molecule has 126 valence electrons. The smallest absolute Gasteiger partial charge is 0.263 e. The van der Waals surface area contributed by atoms with Crippen LogP contribution < -0.4 is 14.2 Å². The minimum atomic E-state index is -3.89. The van der Waals surface area contributed by atoms with Gasteiger partial charge in [-0.1, -0.05) is 11.6 Å². The number of benzene rings is 1. The van der Waals surface area contributed by atoms with Gasteiger partial charge in [-0.2, -0.15) is 4.98 Å². The van der Waals surface area contributed by atoms with Crippen LogP contribution in [0.25, 0.3) is 10.2 Å². The maximum atomic E-state index is 12.6. The molecule has 24 heavy (non-hydrogen) atoms. The van der Waals surface area contributed by atoms with Crippen molar-refractivity contribution in [2.75, 3.05) is 18.9 Å². The Balaban J connectivity index is 2.01. The standard InChI is InChI=1S/C13H11ClN4O4S2/c1-21-10-11(15-6-16-12(10)22-2)18-24(19,20)7-3-4-8-9(5-7)23-13(14)17-8/h3-6H,1-2H3,(H,15,16,18). The van der Waals surface area contributed by atoms with Crippen LogP contribution in [0.5, 0.6) is 11.6 Å². The maximum Gasteiger partial charge on any atom is 0.263 e. The highest BCUT2D eigenvalue weighted by atomic mass is 35.5. The highest BCUT2D eigenvalue weighted by molar-refractivity contribution is 7.92. The summed E-state index contributed by atoms with van der Waals surface area (Å²) in [5, 5.41) is 0. The average molecular weight is 387 g/mol. The van der Waals surface area contributed by atoms with Crippen molar-refractivity contribution in [3.05, 3.63) is 29.0 Å². The zero-order valence-electron chi connectivity index (χ0n) is 12.5. The summed E-state index contributed by atoms with van der Waals surface area (Å²) in [4.78, 5) is 11.9. The van der Waals surface area contributed by atoms with Crippen molar-refractivity contribution in [2.24, 2.45) is 0 Å². The number of halogens is 1. The number of sulfonamides is 1. The van der Waals surface area contributed by atoms with Gasteiger partial charge in [0.2, 0.25) is 5.75 Å². The van der Waals surface area contributed by atoms with Crippen molar-refractivity contribution in [1.82, 2.24) is 15.0 Å². The third kappa shape index (κ3) is 3.07. The molecular weight excluding hydrogens is 376 g/mol. The van der Waals surface area contributed by atoms with Gasteiger partial charge in [-0.3, -0.25) is 4.72 Å². The summed E-state index contributed by atoms with van der Waals surface area (Å²) in [6, 6.07) is 4.52. The molecule has 0 saturated heterocycles. The highest BCUT2D eigenvalue weighted by Gasteiger charge is 2.21. The first-order valence-corrected chi connectivity index (χ1v) is 9.14. The number of nitrogens with one attached hydrogen (secondary N) is 1. The number of rotatable bonds is 5. The van der Waals surface area contributed by atoms with Crippen LogP contribution in [0.4, 0.5) is 5.82 Å². The van der Waals surface area contributed by atoms with E-state index in [-0.39, 0.29) is 22.3 Å². The minimum absolute atomic E-state index is 0.0215. The fourth-order valence-corrected chi connectivity index (χ4v) is 4.17. The number of thiazole rings is 1. The Kier molecular flexibility index (Phi) is 4.43. The summed E-state index contributed by atoms with van der Waals surface area (Å²) in [5.74, 6) is 0.187. The number of fused-ring (bicyclic) bond motifs is 1. The second kappa shape index (κ2) is 6.38. The van der Waals surface area contributed by atoms with E-state index in [4.69, 9.17) is 21.1 Å². The number of methoxy groups -OCH3 is 2. The largest absolute Gasteiger partial charge is 0.489 e. The monoisotopic (exact) mass is 386 g/mol. The zero-order chi connectivity index (χ0) is 17.3. The molecule has 1 aromatic carbocycles. The SMILES string of the molecule is COc1ncnc(NS(=O)(=O)c2ccc3nc(Cl)sc3c2)c1OC. The molecular formula is C13H11ClN4O4S2. The lowest BCUT2D eigenvalue weighted by atomic mass is 10.3. The third-order valence-electron chi connectivity index (χ3n) is 3.04. The van der Waals surface area contributed by atoms with Crippen molar-refractivity contribution >= 4 is 49.0 Å². The van der Waals surface area contributed by atoms with E-state index in [9.17, 15) is 8.42 Å². The lowest BCUT2D eigenvalue weighted by Crippen LogP contribution is -2.15. The molecule has 0 atom stereocenters. The summed E-state index contributed by atoms with van der Waals surface area (Å²) in [5.41, 5.74) is 0.630. The molecule has 0 spiro atoms. The minimum Gasteiger partial charge on any atom is -0.489 e. The Bertz CT molecular complexity index is 1010. The van der Waals surface area contributed by atoms with Gasteiger partial charge in [-0.15, -0.1) is 11.3 Å². The zero-order valence-corrected chi connectivity index (χ0v) is 14.9. The summed E-state index contributed by atoms with van der Waals surface area (Å²) in [6.45, 7) is 0. The van der Waals surface area contributed by atoms with Gasteiger partial charge in [0.1, 0.15) is 6.33 Å². The fraction of sp³-hybridized carbons (Fsp3) is 0.154. The predicted octanol–water partition coefficient (Wildman–Crippen LogP) is 2.56. The Hall–Kier alpha value is -2.17. The fourth-order valence-electron chi connectivity index (χ4n) is 1.99. The van der Waals surface area contributed by atoms with Gasteiger partial charge in [0.25, 0.3) is 15.9 Å². The molecule has 0 aliphatic rings. The van der Waals surface area contributed by atoms with Gasteiger partial charge < -0.3 is 9.47 Å². The molecule has 0 saturated carbocycles. The lowest BCUT2D eigenvalue weighted by molar-refractivity contribution is 0.342. The third-order valence-corrected chi connectivity index (χ3v) is 5.50. The van der Waals surface area contributed by atoms with Gasteiger partial charge in [-0.05, 0) is 18.2 Å². The quantitative estimate of drug-likeness (QED) is 0.718. The molecule has 1 N–H and O–H groups in total. The van der Waals surface area contributed by atoms with Crippen molar-refractivity contribution < 1.29 is 17.9 Å². The topological polar surface area (TPSA) is 103 Å². The molecule has 0 aliphatic heterocycles. The van der Waals surface area contributed by atoms with E-state index < -0.39 is 10.0 Å². The molecule has 3 rings (SSSR count). The van der Waals surface area contributed by atoms with Crippen LogP contribution in [0.2, 0.25) is 4.47 Å². The molecule has 0 radical (unpaired) electrons. The number of ether oxygens (including phenoxy) is 2. The van der Waals surface area contributed by atoms with Crippen LogP contribution in [-0.2, 0) is 10.0 Å². The second-order valence-electron chi connectivity index (χ2n) is 4.47. The molecule has 11 heteroatoms. The van der Waals surface area contributed by atoms with Crippen molar-refractivity contribution in [2.45, 2.75) is 4.90 Å². The molecule has 0 fully saturated rings. The molecule has 2 heterocycles. The highest BCUT2D eigenvalue weighted by Crippen LogP contribution is 2.33. The van der Waals surface area contributed by atoms with E-state index in [0.29, 0.717) is 14.7 Å². The second-order valence-corrected chi connectivity index (χ2v) is 7.76. The molecule has 3 aromatic rings. The Morgan fingerprint density at radius 1 is 1.21 bits per heavy atom. The normalized spacial score (nSPS) is 11.5. The number of nitrogens with zero attached hydrogens (tertiary/aromatic N) is 3. The Morgan fingerprint density at radius 3 is 2.71 bits per heavy atom. The van der Waals surface area contributed by atoms with E-state index in [0.717, 1.165) is 0 Å². The van der Waals surface area contributed by atoms with Crippen molar-refractivity contribution in [3.8, 4) is 11.6 Å². The summed E-state index contributed by atoms with van der Waals surface area (Å²) in [7, 11) is -1.13. The number of hydrogen-bond acceptors (Lipinski definition) is 8. The summed E-state index contributed by atoms with van der Waals surface area (Å²) in [6.07, 6.45) is 1.17. The first-order valence-electron chi connectivity index (χ1n) is 6.46. The molecule has 0 amide bonds. The molecule has 2 aromatic heterocycles. The van der Waals surface area contributed by atoms with E-state index in [1.54, 1.807) is 6.07 Å². The van der Waals surface area contributed by atoms with Crippen LogP contribution in [0.15, 0.2) is 29.4 Å². The average Bonchev–Trinajstić information content (AvgIpc) is 2.93. The van der Waals surface area contributed by atoms with Crippen LogP contribution in [0.3, 0.4) is 0 Å². The number of anilines is 1. The maximum absolute atomic E-state index is 12.6. The first-order chi connectivity index (χ1) is 11.4.